The summed E-state index contributed by atoms with van der Waals surface area (Å²) < 4.78 is 5.63. The molecule has 1 fully saturated rings. The second-order valence-corrected chi connectivity index (χ2v) is 7.88. The Morgan fingerprint density at radius 1 is 1.18 bits per heavy atom. The van der Waals surface area contributed by atoms with Gasteiger partial charge in [-0.2, -0.15) is 11.3 Å². The minimum Gasteiger partial charge on any atom is -0.421 e. The molecule has 1 aliphatic rings. The predicted molar refractivity (Wildman–Crippen MR) is 110 cm³/mol. The maximum atomic E-state index is 12.3. The van der Waals surface area contributed by atoms with Crippen LogP contribution in [0.25, 0.3) is 11.5 Å². The molecule has 1 saturated heterocycles. The van der Waals surface area contributed by atoms with Crippen molar-refractivity contribution in [2.45, 2.75) is 38.6 Å². The normalized spacial score (nSPS) is 14.9. The van der Waals surface area contributed by atoms with Gasteiger partial charge in [0.15, 0.2) is 0 Å². The average molecular weight is 397 g/mol. The predicted octanol–water partition coefficient (Wildman–Crippen LogP) is 4.36. The van der Waals surface area contributed by atoms with E-state index in [1.165, 1.54) is 24.8 Å². The molecule has 7 heteroatoms. The third kappa shape index (κ3) is 5.05. The van der Waals surface area contributed by atoms with Crippen LogP contribution in [0.2, 0.25) is 0 Å². The van der Waals surface area contributed by atoms with Crippen LogP contribution in [0, 0.1) is 0 Å². The molecule has 0 unspecified atom stereocenters. The maximum absolute atomic E-state index is 12.3. The van der Waals surface area contributed by atoms with Crippen LogP contribution in [0.4, 0.5) is 5.69 Å². The van der Waals surface area contributed by atoms with E-state index in [1.807, 2.05) is 29.0 Å². The highest BCUT2D eigenvalue weighted by atomic mass is 32.1. The van der Waals surface area contributed by atoms with Gasteiger partial charge in [-0.15, -0.1) is 10.2 Å². The summed E-state index contributed by atoms with van der Waals surface area (Å²) in [7, 11) is 0. The molecule has 0 atom stereocenters. The van der Waals surface area contributed by atoms with Gasteiger partial charge in [-0.3, -0.25) is 9.69 Å². The molecular formula is C21H24N4O2S. The smallest absolute Gasteiger partial charge is 0.248 e. The fraction of sp³-hybridized carbons (Fsp3) is 0.381. The molecular weight excluding hydrogens is 372 g/mol. The van der Waals surface area contributed by atoms with Crippen molar-refractivity contribution in [1.29, 1.82) is 0 Å². The molecule has 28 heavy (non-hydrogen) atoms. The lowest BCUT2D eigenvalue weighted by atomic mass is 10.1. The van der Waals surface area contributed by atoms with Crippen LogP contribution in [-0.4, -0.2) is 34.1 Å². The van der Waals surface area contributed by atoms with E-state index < -0.39 is 0 Å². The number of aryl methyl sites for hydroxylation is 1. The molecule has 1 aliphatic heterocycles. The molecule has 2 aromatic heterocycles. The molecule has 1 amide bonds. The Bertz CT molecular complexity index is 901. The number of aromatic nitrogens is 2. The van der Waals surface area contributed by atoms with E-state index in [-0.39, 0.29) is 5.91 Å². The summed E-state index contributed by atoms with van der Waals surface area (Å²) in [6, 6.07) is 10.0. The first-order chi connectivity index (χ1) is 13.8. The van der Waals surface area contributed by atoms with E-state index in [2.05, 4.69) is 32.5 Å². The molecule has 1 aromatic carbocycles. The summed E-state index contributed by atoms with van der Waals surface area (Å²) >= 11 is 1.58. The molecule has 146 valence electrons. The van der Waals surface area contributed by atoms with Crippen molar-refractivity contribution >= 4 is 22.9 Å². The fourth-order valence-electron chi connectivity index (χ4n) is 3.42. The average Bonchev–Trinajstić information content (AvgIpc) is 3.39. The summed E-state index contributed by atoms with van der Waals surface area (Å²) in [6.45, 7) is 3.26. The summed E-state index contributed by atoms with van der Waals surface area (Å²) in [6.07, 6.45) is 4.62. The number of thiophene rings is 1. The van der Waals surface area contributed by atoms with Gasteiger partial charge < -0.3 is 9.73 Å². The van der Waals surface area contributed by atoms with E-state index >= 15 is 0 Å². The van der Waals surface area contributed by atoms with Gasteiger partial charge in [0.25, 0.3) is 0 Å². The molecule has 0 saturated carbocycles. The second kappa shape index (κ2) is 9.12. The molecule has 3 heterocycles. The molecule has 1 N–H and O–H groups in total. The zero-order valence-electron chi connectivity index (χ0n) is 15.8. The van der Waals surface area contributed by atoms with Crippen LogP contribution in [-0.2, 0) is 17.8 Å². The summed E-state index contributed by atoms with van der Waals surface area (Å²) in [5.74, 6) is 0.933. The maximum Gasteiger partial charge on any atom is 0.248 e. The molecule has 3 aromatic rings. The van der Waals surface area contributed by atoms with Crippen molar-refractivity contribution in [1.82, 2.24) is 15.1 Å². The SMILES string of the molecule is O=C(CCc1nnc(-c2ccsc2)o1)Nc1cccc(CN2CCCCC2)c1. The van der Waals surface area contributed by atoms with Crippen molar-refractivity contribution in [3.8, 4) is 11.5 Å². The van der Waals surface area contributed by atoms with Crippen LogP contribution in [0.15, 0.2) is 45.5 Å². The summed E-state index contributed by atoms with van der Waals surface area (Å²) in [4.78, 5) is 14.8. The van der Waals surface area contributed by atoms with E-state index in [4.69, 9.17) is 4.42 Å². The first-order valence-electron chi connectivity index (χ1n) is 9.72. The number of anilines is 1. The number of benzene rings is 1. The monoisotopic (exact) mass is 396 g/mol. The number of rotatable bonds is 7. The minimum absolute atomic E-state index is 0.0506. The summed E-state index contributed by atoms with van der Waals surface area (Å²) in [5, 5.41) is 15.0. The van der Waals surface area contributed by atoms with Crippen molar-refractivity contribution in [2.24, 2.45) is 0 Å². The largest absolute Gasteiger partial charge is 0.421 e. The van der Waals surface area contributed by atoms with Crippen LogP contribution in [0.3, 0.4) is 0 Å². The second-order valence-electron chi connectivity index (χ2n) is 7.10. The Morgan fingerprint density at radius 2 is 2.07 bits per heavy atom. The van der Waals surface area contributed by atoms with Gasteiger partial charge in [0.1, 0.15) is 0 Å². The van der Waals surface area contributed by atoms with Gasteiger partial charge in [-0.25, -0.2) is 0 Å². The molecule has 0 aliphatic carbocycles. The first kappa shape index (κ1) is 18.8. The highest BCUT2D eigenvalue weighted by Crippen LogP contribution is 2.21. The van der Waals surface area contributed by atoms with Crippen molar-refractivity contribution in [3.63, 3.8) is 0 Å². The quantitative estimate of drug-likeness (QED) is 0.643. The number of hydrogen-bond acceptors (Lipinski definition) is 6. The van der Waals surface area contributed by atoms with Crippen molar-refractivity contribution < 1.29 is 9.21 Å². The molecule has 0 bridgehead atoms. The van der Waals surface area contributed by atoms with Crippen LogP contribution < -0.4 is 5.32 Å². The van der Waals surface area contributed by atoms with E-state index in [1.54, 1.807) is 11.3 Å². The highest BCUT2D eigenvalue weighted by Gasteiger charge is 2.13. The third-order valence-electron chi connectivity index (χ3n) is 4.87. The number of carbonyl (C=O) groups excluding carboxylic acids is 1. The number of nitrogens with zero attached hydrogens (tertiary/aromatic N) is 3. The van der Waals surface area contributed by atoms with Gasteiger partial charge in [0.05, 0.1) is 0 Å². The van der Waals surface area contributed by atoms with Crippen LogP contribution >= 0.6 is 11.3 Å². The standard InChI is InChI=1S/C21H24N4O2S/c26-19(7-8-20-23-24-21(27-20)17-9-12-28-15-17)22-18-6-4-5-16(13-18)14-25-10-2-1-3-11-25/h4-6,9,12-13,15H,1-3,7-8,10-11,14H2,(H,22,26). The van der Waals surface area contributed by atoms with Gasteiger partial charge in [0, 0.05) is 36.0 Å². The zero-order valence-corrected chi connectivity index (χ0v) is 16.6. The molecule has 0 radical (unpaired) electrons. The lowest BCUT2D eigenvalue weighted by molar-refractivity contribution is -0.116. The zero-order chi connectivity index (χ0) is 19.2. The van der Waals surface area contributed by atoms with Gasteiger partial charge >= 0.3 is 0 Å². The van der Waals surface area contributed by atoms with Crippen LogP contribution in [0.5, 0.6) is 0 Å². The van der Waals surface area contributed by atoms with Gasteiger partial charge in [-0.1, -0.05) is 18.6 Å². The number of hydrogen-bond donors (Lipinski definition) is 1. The third-order valence-corrected chi connectivity index (χ3v) is 5.55. The van der Waals surface area contributed by atoms with Crippen molar-refractivity contribution in [3.05, 3.63) is 52.5 Å². The highest BCUT2D eigenvalue weighted by molar-refractivity contribution is 7.08. The Labute approximate surface area is 168 Å². The van der Waals surface area contributed by atoms with Gasteiger partial charge in [0.2, 0.25) is 17.7 Å². The number of amides is 1. The Morgan fingerprint density at radius 3 is 2.89 bits per heavy atom. The Kier molecular flexibility index (Phi) is 6.14. The topological polar surface area (TPSA) is 71.3 Å². The number of carbonyl (C=O) groups is 1. The first-order valence-corrected chi connectivity index (χ1v) is 10.7. The molecule has 6 nitrogen and oxygen atoms in total. The fourth-order valence-corrected chi connectivity index (χ4v) is 4.05. The number of nitrogens with one attached hydrogen (secondary N) is 1. The number of piperidine rings is 1. The van der Waals surface area contributed by atoms with E-state index in [9.17, 15) is 4.79 Å². The Hall–Kier alpha value is -2.51. The Balaban J connectivity index is 1.28. The lowest BCUT2D eigenvalue weighted by Gasteiger charge is -2.26. The number of likely N-dealkylation sites (tertiary alicyclic amines) is 1. The van der Waals surface area contributed by atoms with Crippen LogP contribution in [0.1, 0.15) is 37.1 Å². The van der Waals surface area contributed by atoms with Gasteiger partial charge in [-0.05, 0) is 55.1 Å². The summed E-state index contributed by atoms with van der Waals surface area (Å²) in [5.41, 5.74) is 2.99. The molecule has 0 spiro atoms. The van der Waals surface area contributed by atoms with E-state index in [0.717, 1.165) is 30.9 Å². The van der Waals surface area contributed by atoms with Crippen molar-refractivity contribution in [2.75, 3.05) is 18.4 Å². The van der Waals surface area contributed by atoms with E-state index in [0.29, 0.717) is 24.6 Å². The minimum atomic E-state index is -0.0506. The molecule has 4 rings (SSSR count). The lowest BCUT2D eigenvalue weighted by Crippen LogP contribution is -2.29.